The number of hydrogen-bond donors (Lipinski definition) is 2. The molecule has 2 rings (SSSR count). The standard InChI is InChI=1S/C15H24BrN3OS/c1-12(20)18-8-9-19(10-13-4-6-17-7-5-13)11-14-2-3-15(16)21-14/h2-3,13,17H,4-11H2,1H3,(H,18,20). The Morgan fingerprint density at radius 1 is 1.48 bits per heavy atom. The highest BCUT2D eigenvalue weighted by Crippen LogP contribution is 2.24. The van der Waals surface area contributed by atoms with Crippen LogP contribution in [0, 0.1) is 5.92 Å². The van der Waals surface area contributed by atoms with Gasteiger partial charge in [-0.3, -0.25) is 9.69 Å². The van der Waals surface area contributed by atoms with E-state index in [1.807, 2.05) is 0 Å². The Labute approximate surface area is 139 Å². The molecule has 4 nitrogen and oxygen atoms in total. The molecular formula is C15H24BrN3OS. The Morgan fingerprint density at radius 3 is 2.86 bits per heavy atom. The number of amides is 1. The quantitative estimate of drug-likeness (QED) is 0.771. The molecule has 0 atom stereocenters. The summed E-state index contributed by atoms with van der Waals surface area (Å²) in [5.41, 5.74) is 0. The van der Waals surface area contributed by atoms with Gasteiger partial charge in [-0.15, -0.1) is 11.3 Å². The van der Waals surface area contributed by atoms with E-state index in [1.165, 1.54) is 21.5 Å². The van der Waals surface area contributed by atoms with E-state index in [2.05, 4.69) is 43.6 Å². The third-order valence-electron chi connectivity index (χ3n) is 3.79. The van der Waals surface area contributed by atoms with Crippen molar-refractivity contribution in [2.45, 2.75) is 26.3 Å². The zero-order valence-corrected chi connectivity index (χ0v) is 14.9. The predicted molar refractivity (Wildman–Crippen MR) is 91.6 cm³/mol. The van der Waals surface area contributed by atoms with Crippen molar-refractivity contribution in [2.75, 3.05) is 32.7 Å². The van der Waals surface area contributed by atoms with E-state index < -0.39 is 0 Å². The lowest BCUT2D eigenvalue weighted by Crippen LogP contribution is -2.39. The van der Waals surface area contributed by atoms with Crippen LogP contribution in [0.15, 0.2) is 15.9 Å². The molecule has 0 spiro atoms. The summed E-state index contributed by atoms with van der Waals surface area (Å²) in [6.45, 7) is 7.58. The molecule has 2 N–H and O–H groups in total. The van der Waals surface area contributed by atoms with Gasteiger partial charge < -0.3 is 10.6 Å². The van der Waals surface area contributed by atoms with Crippen molar-refractivity contribution in [2.24, 2.45) is 5.92 Å². The molecule has 1 aliphatic rings. The van der Waals surface area contributed by atoms with Crippen LogP contribution >= 0.6 is 27.3 Å². The van der Waals surface area contributed by atoms with E-state index in [0.717, 1.165) is 45.2 Å². The number of nitrogens with zero attached hydrogens (tertiary/aromatic N) is 1. The lowest BCUT2D eigenvalue weighted by molar-refractivity contribution is -0.119. The Balaban J connectivity index is 1.86. The molecule has 1 amide bonds. The van der Waals surface area contributed by atoms with Crippen LogP contribution in [0.5, 0.6) is 0 Å². The molecule has 0 aromatic carbocycles. The van der Waals surface area contributed by atoms with E-state index in [1.54, 1.807) is 18.3 Å². The maximum atomic E-state index is 11.0. The molecule has 1 aromatic heterocycles. The summed E-state index contributed by atoms with van der Waals surface area (Å²) in [4.78, 5) is 14.9. The fourth-order valence-corrected chi connectivity index (χ4v) is 4.24. The highest BCUT2D eigenvalue weighted by molar-refractivity contribution is 9.11. The second-order valence-corrected chi connectivity index (χ2v) is 8.16. The maximum Gasteiger partial charge on any atom is 0.216 e. The van der Waals surface area contributed by atoms with Gasteiger partial charge in [-0.25, -0.2) is 0 Å². The van der Waals surface area contributed by atoms with Crippen molar-refractivity contribution in [3.8, 4) is 0 Å². The molecule has 0 radical (unpaired) electrons. The summed E-state index contributed by atoms with van der Waals surface area (Å²) in [7, 11) is 0. The molecule has 2 heterocycles. The summed E-state index contributed by atoms with van der Waals surface area (Å²) in [6, 6.07) is 4.29. The fraction of sp³-hybridized carbons (Fsp3) is 0.667. The van der Waals surface area contributed by atoms with Gasteiger partial charge in [-0.2, -0.15) is 0 Å². The van der Waals surface area contributed by atoms with Crippen molar-refractivity contribution < 1.29 is 4.79 Å². The first-order chi connectivity index (χ1) is 10.1. The van der Waals surface area contributed by atoms with Gasteiger partial charge >= 0.3 is 0 Å². The number of piperidine rings is 1. The smallest absolute Gasteiger partial charge is 0.216 e. The topological polar surface area (TPSA) is 44.4 Å². The van der Waals surface area contributed by atoms with Crippen LogP contribution in [0.2, 0.25) is 0 Å². The van der Waals surface area contributed by atoms with Crippen molar-refractivity contribution in [1.29, 1.82) is 0 Å². The Hall–Kier alpha value is -0.430. The van der Waals surface area contributed by atoms with Crippen molar-refractivity contribution >= 4 is 33.2 Å². The summed E-state index contributed by atoms with van der Waals surface area (Å²) >= 11 is 5.32. The third kappa shape index (κ3) is 6.46. The maximum absolute atomic E-state index is 11.0. The second-order valence-electron chi connectivity index (χ2n) is 5.62. The zero-order valence-electron chi connectivity index (χ0n) is 12.5. The minimum absolute atomic E-state index is 0.0516. The molecule has 21 heavy (non-hydrogen) atoms. The Kier molecular flexibility index (Phi) is 7.16. The highest BCUT2D eigenvalue weighted by Gasteiger charge is 2.17. The molecule has 0 saturated carbocycles. The predicted octanol–water partition coefficient (Wildman–Crippen LogP) is 2.45. The minimum atomic E-state index is 0.0516. The number of thiophene rings is 1. The van der Waals surface area contributed by atoms with E-state index in [-0.39, 0.29) is 5.91 Å². The Bertz CT molecular complexity index is 446. The molecule has 1 aromatic rings. The minimum Gasteiger partial charge on any atom is -0.355 e. The van der Waals surface area contributed by atoms with Crippen LogP contribution in [0.25, 0.3) is 0 Å². The van der Waals surface area contributed by atoms with Gasteiger partial charge in [0.15, 0.2) is 0 Å². The average Bonchev–Trinajstić information content (AvgIpc) is 2.85. The van der Waals surface area contributed by atoms with Crippen molar-refractivity contribution in [3.63, 3.8) is 0 Å². The summed E-state index contributed by atoms with van der Waals surface area (Å²) in [5, 5.41) is 6.32. The first kappa shape index (κ1) is 16.9. The Morgan fingerprint density at radius 2 is 2.24 bits per heavy atom. The normalized spacial score (nSPS) is 16.3. The molecule has 0 bridgehead atoms. The molecule has 0 aliphatic carbocycles. The number of halogens is 1. The molecule has 1 saturated heterocycles. The van der Waals surface area contributed by atoms with E-state index in [0.29, 0.717) is 0 Å². The summed E-state index contributed by atoms with van der Waals surface area (Å²) in [6.07, 6.45) is 2.51. The lowest BCUT2D eigenvalue weighted by Gasteiger charge is -2.30. The van der Waals surface area contributed by atoms with Gasteiger partial charge in [0.25, 0.3) is 0 Å². The van der Waals surface area contributed by atoms with Crippen molar-refractivity contribution in [1.82, 2.24) is 15.5 Å². The van der Waals surface area contributed by atoms with Crippen LogP contribution in [0.3, 0.4) is 0 Å². The molecule has 118 valence electrons. The first-order valence-electron chi connectivity index (χ1n) is 7.55. The number of nitrogens with one attached hydrogen (secondary N) is 2. The number of carbonyl (C=O) groups is 1. The highest BCUT2D eigenvalue weighted by atomic mass is 79.9. The molecule has 1 aliphatic heterocycles. The van der Waals surface area contributed by atoms with E-state index in [9.17, 15) is 4.79 Å². The lowest BCUT2D eigenvalue weighted by atomic mass is 9.97. The molecular weight excluding hydrogens is 350 g/mol. The largest absolute Gasteiger partial charge is 0.355 e. The van der Waals surface area contributed by atoms with Gasteiger partial charge in [0.2, 0.25) is 5.91 Å². The van der Waals surface area contributed by atoms with Gasteiger partial charge in [-0.05, 0) is 59.9 Å². The van der Waals surface area contributed by atoms with Crippen molar-refractivity contribution in [3.05, 3.63) is 20.8 Å². The van der Waals surface area contributed by atoms with Gasteiger partial charge in [0.05, 0.1) is 3.79 Å². The van der Waals surface area contributed by atoms with Gasteiger partial charge in [-0.1, -0.05) is 0 Å². The first-order valence-corrected chi connectivity index (χ1v) is 9.16. The average molecular weight is 374 g/mol. The van der Waals surface area contributed by atoms with Crippen LogP contribution < -0.4 is 10.6 Å². The van der Waals surface area contributed by atoms with Crippen LogP contribution in [-0.2, 0) is 11.3 Å². The molecule has 1 fully saturated rings. The van der Waals surface area contributed by atoms with Crippen LogP contribution in [-0.4, -0.2) is 43.5 Å². The summed E-state index contributed by atoms with van der Waals surface area (Å²) in [5.74, 6) is 0.822. The molecule has 0 unspecified atom stereocenters. The van der Waals surface area contributed by atoms with Gasteiger partial charge in [0, 0.05) is 38.0 Å². The number of hydrogen-bond acceptors (Lipinski definition) is 4. The fourth-order valence-electron chi connectivity index (χ4n) is 2.71. The van der Waals surface area contributed by atoms with Crippen LogP contribution in [0.4, 0.5) is 0 Å². The summed E-state index contributed by atoms with van der Waals surface area (Å²) < 4.78 is 1.18. The molecule has 6 heteroatoms. The number of carbonyl (C=O) groups excluding carboxylic acids is 1. The SMILES string of the molecule is CC(=O)NCCN(Cc1ccc(Br)s1)CC1CCNCC1. The third-order valence-corrected chi connectivity index (χ3v) is 5.39. The van der Waals surface area contributed by atoms with Gasteiger partial charge in [0.1, 0.15) is 0 Å². The zero-order chi connectivity index (χ0) is 15.1. The monoisotopic (exact) mass is 373 g/mol. The number of rotatable bonds is 7. The van der Waals surface area contributed by atoms with E-state index in [4.69, 9.17) is 0 Å². The van der Waals surface area contributed by atoms with Crippen LogP contribution in [0.1, 0.15) is 24.6 Å². The van der Waals surface area contributed by atoms with E-state index >= 15 is 0 Å². The second kappa shape index (κ2) is 8.88.